The van der Waals surface area contributed by atoms with Gasteiger partial charge in [0.2, 0.25) is 0 Å². The Bertz CT molecular complexity index is 607. The van der Waals surface area contributed by atoms with Gasteiger partial charge in [0.1, 0.15) is 0 Å². The molecule has 0 saturated carbocycles. The number of fused-ring (bicyclic) bond motifs is 2. The van der Waals surface area contributed by atoms with Gasteiger partial charge in [0.25, 0.3) is 0 Å². The van der Waals surface area contributed by atoms with E-state index in [0.29, 0.717) is 0 Å². The minimum Gasteiger partial charge on any atom is -0.291 e. The zero-order valence-electron chi connectivity index (χ0n) is 8.64. The van der Waals surface area contributed by atoms with Gasteiger partial charge in [-0.2, -0.15) is 0 Å². The van der Waals surface area contributed by atoms with E-state index >= 15 is 0 Å². The topological polar surface area (TPSA) is 32.3 Å². The molecule has 2 N–H and O–H groups in total. The number of anilines is 1. The summed E-state index contributed by atoms with van der Waals surface area (Å²) in [6, 6.07) is 18.2. The molecule has 0 amide bonds. The summed E-state index contributed by atoms with van der Waals surface area (Å²) < 4.78 is 0. The van der Waals surface area contributed by atoms with Crippen LogP contribution in [-0.4, -0.2) is 5.21 Å². The molecule has 3 rings (SSSR count). The van der Waals surface area contributed by atoms with E-state index in [4.69, 9.17) is 0 Å². The molecule has 0 aliphatic rings. The van der Waals surface area contributed by atoms with E-state index in [1.807, 2.05) is 48.5 Å². The van der Waals surface area contributed by atoms with Crippen LogP contribution in [-0.2, 0) is 0 Å². The van der Waals surface area contributed by atoms with E-state index < -0.39 is 0 Å². The molecule has 16 heavy (non-hydrogen) atoms. The van der Waals surface area contributed by atoms with Crippen LogP contribution in [0.3, 0.4) is 0 Å². The molecule has 78 valence electrons. The van der Waals surface area contributed by atoms with Crippen LogP contribution >= 0.6 is 0 Å². The molecule has 3 aromatic rings. The minimum atomic E-state index is 0.772. The third kappa shape index (κ3) is 1.24. The fraction of sp³-hybridized carbons (Fsp3) is 0. The highest BCUT2D eigenvalue weighted by molar-refractivity contribution is 6.10. The Morgan fingerprint density at radius 1 is 0.750 bits per heavy atom. The highest BCUT2D eigenvalue weighted by atomic mass is 16.5. The SMILES string of the molecule is ONc1c2ccccc2cc2ccccc12. The maximum atomic E-state index is 9.28. The van der Waals surface area contributed by atoms with Gasteiger partial charge in [-0.3, -0.25) is 10.7 Å². The molecular weight excluding hydrogens is 198 g/mol. The first-order valence-electron chi connectivity index (χ1n) is 5.21. The van der Waals surface area contributed by atoms with Crippen molar-refractivity contribution in [2.45, 2.75) is 0 Å². The summed E-state index contributed by atoms with van der Waals surface area (Å²) in [5.74, 6) is 0. The van der Waals surface area contributed by atoms with E-state index in [1.54, 1.807) is 0 Å². The van der Waals surface area contributed by atoms with Crippen LogP contribution < -0.4 is 5.48 Å². The van der Waals surface area contributed by atoms with Crippen LogP contribution in [0.2, 0.25) is 0 Å². The lowest BCUT2D eigenvalue weighted by Crippen LogP contribution is -1.92. The predicted octanol–water partition coefficient (Wildman–Crippen LogP) is 3.79. The standard InChI is InChI=1S/C14H11NO/c16-15-14-12-7-3-1-5-10(12)9-11-6-2-4-8-13(11)14/h1-9,15-16H. The van der Waals surface area contributed by atoms with Crippen molar-refractivity contribution < 1.29 is 5.21 Å². The van der Waals surface area contributed by atoms with Crippen LogP contribution in [0.4, 0.5) is 5.69 Å². The van der Waals surface area contributed by atoms with Crippen molar-refractivity contribution in [1.82, 2.24) is 0 Å². The Morgan fingerprint density at radius 3 is 1.75 bits per heavy atom. The average Bonchev–Trinajstić information content (AvgIpc) is 2.36. The number of hydrogen-bond acceptors (Lipinski definition) is 2. The lowest BCUT2D eigenvalue weighted by atomic mass is 10.0. The van der Waals surface area contributed by atoms with Crippen LogP contribution in [0.15, 0.2) is 54.6 Å². The molecule has 0 spiro atoms. The lowest BCUT2D eigenvalue weighted by molar-refractivity contribution is 0.390. The van der Waals surface area contributed by atoms with Gasteiger partial charge in [0.05, 0.1) is 5.69 Å². The Hall–Kier alpha value is -2.06. The molecule has 0 bridgehead atoms. The second-order valence-electron chi connectivity index (χ2n) is 3.81. The van der Waals surface area contributed by atoms with Crippen LogP contribution in [0.5, 0.6) is 0 Å². The van der Waals surface area contributed by atoms with E-state index in [1.165, 1.54) is 0 Å². The predicted molar refractivity (Wildman–Crippen MR) is 66.9 cm³/mol. The monoisotopic (exact) mass is 209 g/mol. The van der Waals surface area contributed by atoms with E-state index in [2.05, 4.69) is 11.5 Å². The van der Waals surface area contributed by atoms with Gasteiger partial charge in [-0.25, -0.2) is 0 Å². The van der Waals surface area contributed by atoms with Gasteiger partial charge < -0.3 is 0 Å². The molecule has 0 aliphatic carbocycles. The highest BCUT2D eigenvalue weighted by Gasteiger charge is 2.05. The molecule has 0 atom stereocenters. The summed E-state index contributed by atoms with van der Waals surface area (Å²) in [6.07, 6.45) is 0. The van der Waals surface area contributed by atoms with Crippen molar-refractivity contribution in [2.24, 2.45) is 0 Å². The Kier molecular flexibility index (Phi) is 2.01. The summed E-state index contributed by atoms with van der Waals surface area (Å²) in [4.78, 5) is 0. The molecule has 0 radical (unpaired) electrons. The Balaban J connectivity index is 2.56. The van der Waals surface area contributed by atoms with Gasteiger partial charge in [-0.1, -0.05) is 48.5 Å². The van der Waals surface area contributed by atoms with Gasteiger partial charge >= 0.3 is 0 Å². The first kappa shape index (κ1) is 9.19. The molecule has 0 saturated heterocycles. The molecular formula is C14H11NO. The molecule has 0 unspecified atom stereocenters. The second kappa shape index (κ2) is 3.51. The quantitative estimate of drug-likeness (QED) is 0.472. The number of hydrogen-bond donors (Lipinski definition) is 2. The summed E-state index contributed by atoms with van der Waals surface area (Å²) in [7, 11) is 0. The molecule has 0 fully saturated rings. The number of benzene rings is 3. The third-order valence-electron chi connectivity index (χ3n) is 2.88. The first-order valence-corrected chi connectivity index (χ1v) is 5.21. The summed E-state index contributed by atoms with van der Waals surface area (Å²) in [5.41, 5.74) is 3.08. The molecule has 0 aromatic heterocycles. The van der Waals surface area contributed by atoms with Crippen molar-refractivity contribution in [1.29, 1.82) is 0 Å². The molecule has 2 nitrogen and oxygen atoms in total. The average molecular weight is 209 g/mol. The van der Waals surface area contributed by atoms with Crippen molar-refractivity contribution >= 4 is 27.2 Å². The van der Waals surface area contributed by atoms with Crippen molar-refractivity contribution in [2.75, 3.05) is 5.48 Å². The van der Waals surface area contributed by atoms with E-state index in [9.17, 15) is 5.21 Å². The second-order valence-corrected chi connectivity index (χ2v) is 3.81. The molecule has 0 aliphatic heterocycles. The van der Waals surface area contributed by atoms with Gasteiger partial charge in [-0.15, -0.1) is 0 Å². The Morgan fingerprint density at radius 2 is 1.25 bits per heavy atom. The maximum absolute atomic E-state index is 9.28. The zero-order valence-corrected chi connectivity index (χ0v) is 8.64. The molecule has 3 aromatic carbocycles. The normalized spacial score (nSPS) is 10.8. The third-order valence-corrected chi connectivity index (χ3v) is 2.88. The fourth-order valence-corrected chi connectivity index (χ4v) is 2.13. The number of nitrogens with one attached hydrogen (secondary N) is 1. The molecule has 0 heterocycles. The smallest absolute Gasteiger partial charge is 0.0758 e. The van der Waals surface area contributed by atoms with Crippen LogP contribution in [0.25, 0.3) is 21.5 Å². The van der Waals surface area contributed by atoms with Crippen LogP contribution in [0.1, 0.15) is 0 Å². The zero-order chi connectivity index (χ0) is 11.0. The summed E-state index contributed by atoms with van der Waals surface area (Å²) in [5, 5.41) is 13.6. The minimum absolute atomic E-state index is 0.772. The van der Waals surface area contributed by atoms with E-state index in [0.717, 1.165) is 27.2 Å². The molecule has 2 heteroatoms. The fourth-order valence-electron chi connectivity index (χ4n) is 2.13. The number of rotatable bonds is 1. The van der Waals surface area contributed by atoms with Gasteiger partial charge in [0, 0.05) is 10.8 Å². The Labute approximate surface area is 93.1 Å². The lowest BCUT2D eigenvalue weighted by Gasteiger charge is -2.09. The van der Waals surface area contributed by atoms with E-state index in [-0.39, 0.29) is 0 Å². The summed E-state index contributed by atoms with van der Waals surface area (Å²) in [6.45, 7) is 0. The first-order chi connectivity index (χ1) is 7.90. The van der Waals surface area contributed by atoms with Gasteiger partial charge in [0.15, 0.2) is 0 Å². The maximum Gasteiger partial charge on any atom is 0.0758 e. The van der Waals surface area contributed by atoms with Crippen molar-refractivity contribution in [3.63, 3.8) is 0 Å². The van der Waals surface area contributed by atoms with Crippen molar-refractivity contribution in [3.8, 4) is 0 Å². The summed E-state index contributed by atoms with van der Waals surface area (Å²) >= 11 is 0. The van der Waals surface area contributed by atoms with Crippen molar-refractivity contribution in [3.05, 3.63) is 54.6 Å². The van der Waals surface area contributed by atoms with Crippen LogP contribution in [0, 0.1) is 0 Å². The highest BCUT2D eigenvalue weighted by Crippen LogP contribution is 2.32. The van der Waals surface area contributed by atoms with Gasteiger partial charge in [-0.05, 0) is 16.8 Å². The largest absolute Gasteiger partial charge is 0.291 e.